The minimum Gasteiger partial charge on any atom is -0.385 e. The molecule has 1 aromatic heterocycles. The second-order valence-corrected chi connectivity index (χ2v) is 5.32. The van der Waals surface area contributed by atoms with E-state index in [2.05, 4.69) is 10.3 Å². The summed E-state index contributed by atoms with van der Waals surface area (Å²) in [6.07, 6.45) is 1.74. The van der Waals surface area contributed by atoms with E-state index < -0.39 is 11.6 Å². The lowest BCUT2D eigenvalue weighted by Gasteiger charge is -2.25. The molecule has 2 aromatic rings. The molecule has 3 nitrogen and oxygen atoms in total. The molecule has 22 heavy (non-hydrogen) atoms. The number of aromatic nitrogens is 1. The minimum atomic E-state index is -0.427. The maximum atomic E-state index is 13.9. The van der Waals surface area contributed by atoms with E-state index in [1.54, 1.807) is 6.20 Å². The number of anilines is 1. The monoisotopic (exact) mass is 305 g/mol. The lowest BCUT2D eigenvalue weighted by atomic mass is 10.1. The molecule has 1 aromatic carbocycles. The lowest BCUT2D eigenvalue weighted by Crippen LogP contribution is -2.23. The molecule has 0 aliphatic carbocycles. The van der Waals surface area contributed by atoms with Crippen LogP contribution in [0, 0.1) is 11.6 Å². The smallest absolute Gasteiger partial charge is 0.128 e. The number of nitrogens with one attached hydrogen (secondary N) is 1. The van der Waals surface area contributed by atoms with Crippen molar-refractivity contribution in [3.8, 4) is 0 Å². The van der Waals surface area contributed by atoms with Gasteiger partial charge >= 0.3 is 0 Å². The topological polar surface area (TPSA) is 28.2 Å². The number of hydrogen-bond acceptors (Lipinski definition) is 3. The second kappa shape index (κ2) is 7.31. The first-order valence-corrected chi connectivity index (χ1v) is 7.35. The second-order valence-electron chi connectivity index (χ2n) is 5.32. The first kappa shape index (κ1) is 16.4. The van der Waals surface area contributed by atoms with E-state index >= 15 is 0 Å². The molecular weight excluding hydrogens is 284 g/mol. The number of pyridine rings is 1. The fourth-order valence-electron chi connectivity index (χ4n) is 2.34. The van der Waals surface area contributed by atoms with Gasteiger partial charge in [0.15, 0.2) is 0 Å². The standard InChI is InChI=1S/C17H21F2N3/c1-4-20-14-7-8-21-15(10-14)11-22(3)12(2)16-9-13(18)5-6-17(16)19/h5-10,12H,4,11H2,1-3H3,(H,20,21). The zero-order valence-electron chi connectivity index (χ0n) is 13.1. The molecule has 0 spiro atoms. The Bertz CT molecular complexity index is 631. The molecule has 1 unspecified atom stereocenters. The number of halogens is 2. The van der Waals surface area contributed by atoms with Gasteiger partial charge in [-0.2, -0.15) is 0 Å². The van der Waals surface area contributed by atoms with Crippen LogP contribution in [0.3, 0.4) is 0 Å². The predicted octanol–water partition coefficient (Wildman–Crippen LogP) is 3.98. The van der Waals surface area contributed by atoms with Gasteiger partial charge in [-0.15, -0.1) is 0 Å². The summed E-state index contributed by atoms with van der Waals surface area (Å²) in [4.78, 5) is 6.27. The highest BCUT2D eigenvalue weighted by Crippen LogP contribution is 2.24. The van der Waals surface area contributed by atoms with Crippen LogP contribution in [-0.4, -0.2) is 23.5 Å². The van der Waals surface area contributed by atoms with Crippen LogP contribution in [0.4, 0.5) is 14.5 Å². The largest absolute Gasteiger partial charge is 0.385 e. The number of hydrogen-bond donors (Lipinski definition) is 1. The van der Waals surface area contributed by atoms with Crippen LogP contribution < -0.4 is 5.32 Å². The van der Waals surface area contributed by atoms with Crippen molar-refractivity contribution >= 4 is 5.69 Å². The zero-order valence-corrected chi connectivity index (χ0v) is 13.1. The van der Waals surface area contributed by atoms with Crippen molar-refractivity contribution < 1.29 is 8.78 Å². The molecule has 0 aliphatic heterocycles. The molecule has 0 bridgehead atoms. The average molecular weight is 305 g/mol. The molecule has 0 fully saturated rings. The van der Waals surface area contributed by atoms with Crippen molar-refractivity contribution in [3.05, 3.63) is 59.4 Å². The Kier molecular flexibility index (Phi) is 5.44. The Morgan fingerprint density at radius 2 is 2.00 bits per heavy atom. The zero-order chi connectivity index (χ0) is 16.1. The molecule has 1 atom stereocenters. The SMILES string of the molecule is CCNc1ccnc(CN(C)C(C)c2cc(F)ccc2F)c1. The van der Waals surface area contributed by atoms with Crippen molar-refractivity contribution in [2.24, 2.45) is 0 Å². The van der Waals surface area contributed by atoms with Crippen LogP contribution in [0.5, 0.6) is 0 Å². The summed E-state index contributed by atoms with van der Waals surface area (Å²) in [5.41, 5.74) is 2.24. The van der Waals surface area contributed by atoms with Gasteiger partial charge in [-0.3, -0.25) is 9.88 Å². The molecule has 5 heteroatoms. The van der Waals surface area contributed by atoms with Gasteiger partial charge in [-0.1, -0.05) is 0 Å². The van der Waals surface area contributed by atoms with Crippen LogP contribution in [0.15, 0.2) is 36.5 Å². The van der Waals surface area contributed by atoms with Crippen molar-refractivity contribution in [3.63, 3.8) is 0 Å². The number of benzene rings is 1. The van der Waals surface area contributed by atoms with E-state index in [9.17, 15) is 8.78 Å². The highest BCUT2D eigenvalue weighted by molar-refractivity contribution is 5.42. The Morgan fingerprint density at radius 3 is 2.73 bits per heavy atom. The highest BCUT2D eigenvalue weighted by Gasteiger charge is 2.17. The van der Waals surface area contributed by atoms with E-state index in [0.29, 0.717) is 12.1 Å². The number of nitrogens with zero attached hydrogens (tertiary/aromatic N) is 2. The summed E-state index contributed by atoms with van der Waals surface area (Å²) in [6, 6.07) is 7.17. The van der Waals surface area contributed by atoms with Gasteiger partial charge in [0.2, 0.25) is 0 Å². The van der Waals surface area contributed by atoms with Crippen molar-refractivity contribution in [1.29, 1.82) is 0 Å². The van der Waals surface area contributed by atoms with Gasteiger partial charge in [0.1, 0.15) is 11.6 Å². The van der Waals surface area contributed by atoms with Crippen LogP contribution >= 0.6 is 0 Å². The molecule has 0 radical (unpaired) electrons. The summed E-state index contributed by atoms with van der Waals surface area (Å²) < 4.78 is 27.2. The maximum absolute atomic E-state index is 13.9. The van der Waals surface area contributed by atoms with E-state index in [1.807, 2.05) is 37.9 Å². The Labute approximate surface area is 130 Å². The normalized spacial score (nSPS) is 12.5. The maximum Gasteiger partial charge on any atom is 0.128 e. The van der Waals surface area contributed by atoms with E-state index in [1.165, 1.54) is 12.1 Å². The van der Waals surface area contributed by atoms with Crippen molar-refractivity contribution in [2.45, 2.75) is 26.4 Å². The van der Waals surface area contributed by atoms with Crippen LogP contribution in [0.25, 0.3) is 0 Å². The molecule has 1 N–H and O–H groups in total. The molecule has 0 amide bonds. The van der Waals surface area contributed by atoms with Gasteiger partial charge in [0.25, 0.3) is 0 Å². The first-order valence-electron chi connectivity index (χ1n) is 7.35. The fourth-order valence-corrected chi connectivity index (χ4v) is 2.34. The van der Waals surface area contributed by atoms with Crippen molar-refractivity contribution in [2.75, 3.05) is 18.9 Å². The fraction of sp³-hybridized carbons (Fsp3) is 0.353. The van der Waals surface area contributed by atoms with Crippen LogP contribution in [0.2, 0.25) is 0 Å². The molecule has 0 saturated heterocycles. The average Bonchev–Trinajstić information content (AvgIpc) is 2.49. The summed E-state index contributed by atoms with van der Waals surface area (Å²) in [7, 11) is 1.87. The van der Waals surface area contributed by atoms with E-state index in [0.717, 1.165) is 24.0 Å². The molecule has 0 saturated carbocycles. The number of rotatable bonds is 6. The predicted molar refractivity (Wildman–Crippen MR) is 84.6 cm³/mol. The van der Waals surface area contributed by atoms with Gasteiger partial charge in [-0.05, 0) is 51.2 Å². The highest BCUT2D eigenvalue weighted by atomic mass is 19.1. The summed E-state index contributed by atoms with van der Waals surface area (Å²) >= 11 is 0. The van der Waals surface area contributed by atoms with Crippen molar-refractivity contribution in [1.82, 2.24) is 9.88 Å². The lowest BCUT2D eigenvalue weighted by molar-refractivity contribution is 0.244. The summed E-state index contributed by atoms with van der Waals surface area (Å²) in [5, 5.41) is 3.23. The third-order valence-electron chi connectivity index (χ3n) is 3.68. The quantitative estimate of drug-likeness (QED) is 0.875. The Hall–Kier alpha value is -2.01. The van der Waals surface area contributed by atoms with Crippen LogP contribution in [-0.2, 0) is 6.54 Å². The van der Waals surface area contributed by atoms with E-state index in [4.69, 9.17) is 0 Å². The summed E-state index contributed by atoms with van der Waals surface area (Å²) in [6.45, 7) is 5.27. The van der Waals surface area contributed by atoms with Gasteiger partial charge in [-0.25, -0.2) is 8.78 Å². The summed E-state index contributed by atoms with van der Waals surface area (Å²) in [5.74, 6) is -0.820. The molecule has 0 aliphatic rings. The van der Waals surface area contributed by atoms with E-state index in [-0.39, 0.29) is 6.04 Å². The molecule has 118 valence electrons. The third kappa shape index (κ3) is 4.01. The van der Waals surface area contributed by atoms with Gasteiger partial charge in [0, 0.05) is 36.6 Å². The minimum absolute atomic E-state index is 0.250. The molecule has 1 heterocycles. The molecule has 2 rings (SSSR count). The molecular formula is C17H21F2N3. The van der Waals surface area contributed by atoms with Crippen LogP contribution in [0.1, 0.15) is 31.1 Å². The van der Waals surface area contributed by atoms with Gasteiger partial charge in [0.05, 0.1) is 5.69 Å². The third-order valence-corrected chi connectivity index (χ3v) is 3.68. The Balaban J connectivity index is 2.12. The Morgan fingerprint density at radius 1 is 1.23 bits per heavy atom. The van der Waals surface area contributed by atoms with Gasteiger partial charge < -0.3 is 5.32 Å². The first-order chi connectivity index (χ1) is 10.5.